The second-order valence-electron chi connectivity index (χ2n) is 7.43. The lowest BCUT2D eigenvalue weighted by Crippen LogP contribution is -2.22. The molecule has 0 saturated carbocycles. The lowest BCUT2D eigenvalue weighted by molar-refractivity contribution is -0.162. The Hall–Kier alpha value is -0.640. The highest BCUT2D eigenvalue weighted by Crippen LogP contribution is 2.16. The van der Waals surface area contributed by atoms with Gasteiger partial charge in [-0.3, -0.25) is 0 Å². The molecule has 2 atom stereocenters. The molecule has 0 aromatic rings. The Morgan fingerprint density at radius 3 is 2.68 bits per heavy atom. The zero-order valence-corrected chi connectivity index (χ0v) is 16.8. The van der Waals surface area contributed by atoms with Crippen LogP contribution in [0.2, 0.25) is 0 Å². The summed E-state index contributed by atoms with van der Waals surface area (Å²) in [5.41, 5.74) is 2.85. The van der Waals surface area contributed by atoms with Gasteiger partial charge in [0.25, 0.3) is 0 Å². The largest absolute Gasteiger partial charge is 0.393 e. The second-order valence-corrected chi connectivity index (χ2v) is 7.43. The molecular formula is C22H40O3. The molecule has 1 rings (SSSR count). The topological polar surface area (TPSA) is 38.7 Å². The van der Waals surface area contributed by atoms with Crippen molar-refractivity contribution < 1.29 is 14.6 Å². The fourth-order valence-electron chi connectivity index (χ4n) is 3.05. The smallest absolute Gasteiger partial charge is 0.157 e. The van der Waals surface area contributed by atoms with Gasteiger partial charge in [-0.25, -0.2) is 0 Å². The van der Waals surface area contributed by atoms with E-state index in [0.717, 1.165) is 71.0 Å². The van der Waals surface area contributed by atoms with Crippen LogP contribution < -0.4 is 0 Å². The molecule has 0 amide bonds. The van der Waals surface area contributed by atoms with Gasteiger partial charge in [0.2, 0.25) is 0 Å². The number of hydrogen-bond acceptors (Lipinski definition) is 3. The Morgan fingerprint density at radius 2 is 1.96 bits per heavy atom. The van der Waals surface area contributed by atoms with E-state index in [1.807, 2.05) is 0 Å². The van der Waals surface area contributed by atoms with Crippen LogP contribution in [-0.4, -0.2) is 30.7 Å². The van der Waals surface area contributed by atoms with Crippen LogP contribution in [0.15, 0.2) is 23.3 Å². The highest BCUT2D eigenvalue weighted by Gasteiger charge is 2.13. The Kier molecular flexibility index (Phi) is 13.0. The van der Waals surface area contributed by atoms with Gasteiger partial charge in [0.05, 0.1) is 6.10 Å². The fourth-order valence-corrected chi connectivity index (χ4v) is 3.05. The van der Waals surface area contributed by atoms with Crippen molar-refractivity contribution in [2.45, 2.75) is 104 Å². The van der Waals surface area contributed by atoms with E-state index >= 15 is 0 Å². The average Bonchev–Trinajstić information content (AvgIpc) is 2.63. The SMILES string of the molecule is CC=C(C)CCC=C(C)CCC(O)CCCCCOC1CCCCO1. The molecule has 3 heteroatoms. The highest BCUT2D eigenvalue weighted by atomic mass is 16.7. The summed E-state index contributed by atoms with van der Waals surface area (Å²) in [6.07, 6.45) is 16.1. The monoisotopic (exact) mass is 352 g/mol. The van der Waals surface area contributed by atoms with Crippen LogP contribution in [0.25, 0.3) is 0 Å². The van der Waals surface area contributed by atoms with E-state index in [2.05, 4.69) is 32.9 Å². The minimum Gasteiger partial charge on any atom is -0.393 e. The van der Waals surface area contributed by atoms with E-state index in [0.29, 0.717) is 0 Å². The Bertz CT molecular complexity index is 381. The maximum Gasteiger partial charge on any atom is 0.157 e. The van der Waals surface area contributed by atoms with Gasteiger partial charge in [-0.2, -0.15) is 0 Å². The van der Waals surface area contributed by atoms with Gasteiger partial charge < -0.3 is 14.6 Å². The van der Waals surface area contributed by atoms with E-state index in [1.165, 1.54) is 24.0 Å². The van der Waals surface area contributed by atoms with Crippen molar-refractivity contribution >= 4 is 0 Å². The predicted octanol–water partition coefficient (Wildman–Crippen LogP) is 5.92. The molecule has 1 aliphatic heterocycles. The molecule has 1 fully saturated rings. The molecule has 0 aromatic carbocycles. The van der Waals surface area contributed by atoms with E-state index in [4.69, 9.17) is 9.47 Å². The van der Waals surface area contributed by atoms with Crippen LogP contribution in [0.5, 0.6) is 0 Å². The van der Waals surface area contributed by atoms with Gasteiger partial charge in [0, 0.05) is 13.2 Å². The summed E-state index contributed by atoms with van der Waals surface area (Å²) in [4.78, 5) is 0. The minimum absolute atomic E-state index is 0.0331. The highest BCUT2D eigenvalue weighted by molar-refractivity contribution is 5.02. The standard InChI is InChI=1S/C22H40O3/c1-4-19(2)11-10-12-20(3)15-16-21(23)13-6-5-8-17-24-22-14-7-9-18-25-22/h4,12,21-23H,5-11,13-18H2,1-3H3. The zero-order chi connectivity index (χ0) is 18.3. The van der Waals surface area contributed by atoms with Crippen molar-refractivity contribution in [3.63, 3.8) is 0 Å². The first kappa shape index (κ1) is 22.4. The first-order valence-corrected chi connectivity index (χ1v) is 10.3. The second kappa shape index (κ2) is 14.5. The molecule has 1 aliphatic rings. The first-order chi connectivity index (χ1) is 12.1. The van der Waals surface area contributed by atoms with Gasteiger partial charge in [0.1, 0.15) is 0 Å². The molecule has 0 bridgehead atoms. The molecule has 1 heterocycles. The Balaban J connectivity index is 1.95. The van der Waals surface area contributed by atoms with Gasteiger partial charge in [-0.1, -0.05) is 36.1 Å². The Morgan fingerprint density at radius 1 is 1.12 bits per heavy atom. The predicted molar refractivity (Wildman–Crippen MR) is 106 cm³/mol. The fraction of sp³-hybridized carbons (Fsp3) is 0.818. The number of ether oxygens (including phenoxy) is 2. The summed E-state index contributed by atoms with van der Waals surface area (Å²) in [5, 5.41) is 10.1. The van der Waals surface area contributed by atoms with Crippen LogP contribution in [0.1, 0.15) is 91.4 Å². The summed E-state index contributed by atoms with van der Waals surface area (Å²) < 4.78 is 11.3. The number of unbranched alkanes of at least 4 members (excludes halogenated alkanes) is 2. The van der Waals surface area contributed by atoms with E-state index in [1.54, 1.807) is 0 Å². The van der Waals surface area contributed by atoms with Crippen molar-refractivity contribution in [1.82, 2.24) is 0 Å². The number of rotatable bonds is 13. The van der Waals surface area contributed by atoms with Crippen LogP contribution >= 0.6 is 0 Å². The summed E-state index contributed by atoms with van der Waals surface area (Å²) in [5.74, 6) is 0. The van der Waals surface area contributed by atoms with Crippen molar-refractivity contribution in [3.8, 4) is 0 Å². The number of aliphatic hydroxyl groups excluding tert-OH is 1. The maximum absolute atomic E-state index is 10.1. The molecule has 3 nitrogen and oxygen atoms in total. The molecule has 25 heavy (non-hydrogen) atoms. The van der Waals surface area contributed by atoms with E-state index in [9.17, 15) is 5.11 Å². The van der Waals surface area contributed by atoms with E-state index < -0.39 is 0 Å². The summed E-state index contributed by atoms with van der Waals surface area (Å²) in [6.45, 7) is 8.09. The third-order valence-electron chi connectivity index (χ3n) is 5.02. The number of allylic oxidation sites excluding steroid dienone is 4. The lowest BCUT2D eigenvalue weighted by atomic mass is 10.0. The summed E-state index contributed by atoms with van der Waals surface area (Å²) >= 11 is 0. The van der Waals surface area contributed by atoms with Gasteiger partial charge in [-0.15, -0.1) is 0 Å². The third kappa shape index (κ3) is 12.4. The van der Waals surface area contributed by atoms with Crippen LogP contribution in [-0.2, 0) is 9.47 Å². The summed E-state index contributed by atoms with van der Waals surface area (Å²) in [7, 11) is 0. The zero-order valence-electron chi connectivity index (χ0n) is 16.8. The van der Waals surface area contributed by atoms with Crippen molar-refractivity contribution in [2.24, 2.45) is 0 Å². The molecule has 0 aliphatic carbocycles. The molecule has 0 radical (unpaired) electrons. The van der Waals surface area contributed by atoms with Gasteiger partial charge in [0.15, 0.2) is 6.29 Å². The number of aliphatic hydroxyl groups is 1. The van der Waals surface area contributed by atoms with Crippen LogP contribution in [0.4, 0.5) is 0 Å². The molecule has 0 spiro atoms. The maximum atomic E-state index is 10.1. The normalized spacial score (nSPS) is 20.7. The Labute approximate surface area is 155 Å². The number of hydrogen-bond donors (Lipinski definition) is 1. The van der Waals surface area contributed by atoms with Crippen LogP contribution in [0, 0.1) is 0 Å². The van der Waals surface area contributed by atoms with Gasteiger partial charge in [-0.05, 0) is 78.6 Å². The van der Waals surface area contributed by atoms with Crippen molar-refractivity contribution in [1.29, 1.82) is 0 Å². The van der Waals surface area contributed by atoms with Gasteiger partial charge >= 0.3 is 0 Å². The minimum atomic E-state index is -0.164. The molecular weight excluding hydrogens is 312 g/mol. The molecule has 2 unspecified atom stereocenters. The third-order valence-corrected chi connectivity index (χ3v) is 5.02. The lowest BCUT2D eigenvalue weighted by Gasteiger charge is -2.22. The van der Waals surface area contributed by atoms with Crippen LogP contribution in [0.3, 0.4) is 0 Å². The average molecular weight is 353 g/mol. The van der Waals surface area contributed by atoms with Crippen molar-refractivity contribution in [3.05, 3.63) is 23.3 Å². The quantitative estimate of drug-likeness (QED) is 0.330. The molecule has 0 aromatic heterocycles. The van der Waals surface area contributed by atoms with E-state index in [-0.39, 0.29) is 12.4 Å². The molecule has 1 saturated heterocycles. The van der Waals surface area contributed by atoms with Crippen molar-refractivity contribution in [2.75, 3.05) is 13.2 Å². The molecule has 1 N–H and O–H groups in total. The summed E-state index contributed by atoms with van der Waals surface area (Å²) in [6, 6.07) is 0. The first-order valence-electron chi connectivity index (χ1n) is 10.3. The molecule has 146 valence electrons.